The molecule has 1 heteroatoms. The number of fused-ring (bicyclic) bond motifs is 1. The Labute approximate surface area is 101 Å². The Morgan fingerprint density at radius 2 is 1.88 bits per heavy atom. The molecular weight excluding hydrogens is 208 g/mol. The van der Waals surface area contributed by atoms with Crippen LogP contribution in [0.15, 0.2) is 77.9 Å². The maximum absolute atomic E-state index is 5.99. The third-order valence-electron chi connectivity index (χ3n) is 3.02. The molecule has 1 unspecified atom stereocenters. The number of benzene rings is 1. The fourth-order valence-corrected chi connectivity index (χ4v) is 2.16. The Morgan fingerprint density at radius 3 is 2.76 bits per heavy atom. The third kappa shape index (κ3) is 2.09. The van der Waals surface area contributed by atoms with Gasteiger partial charge in [-0.25, -0.2) is 0 Å². The summed E-state index contributed by atoms with van der Waals surface area (Å²) in [5, 5.41) is 0. The highest BCUT2D eigenvalue weighted by Crippen LogP contribution is 2.29. The lowest BCUT2D eigenvalue weighted by atomic mass is 9.90. The van der Waals surface area contributed by atoms with Crippen LogP contribution in [0.2, 0.25) is 0 Å². The second-order valence-electron chi connectivity index (χ2n) is 4.18. The molecule has 3 rings (SSSR count). The molecule has 0 aliphatic heterocycles. The van der Waals surface area contributed by atoms with E-state index in [2.05, 4.69) is 36.5 Å². The van der Waals surface area contributed by atoms with Gasteiger partial charge in [-0.1, -0.05) is 48.6 Å². The van der Waals surface area contributed by atoms with Crippen LogP contribution in [-0.2, 0) is 0 Å². The van der Waals surface area contributed by atoms with Crippen molar-refractivity contribution in [3.05, 3.63) is 77.9 Å². The molecular formula is C16H14O. The van der Waals surface area contributed by atoms with Gasteiger partial charge >= 0.3 is 0 Å². The molecule has 0 aromatic heterocycles. The predicted octanol–water partition coefficient (Wildman–Crippen LogP) is 3.82. The van der Waals surface area contributed by atoms with Gasteiger partial charge in [-0.05, 0) is 35.8 Å². The lowest BCUT2D eigenvalue weighted by Gasteiger charge is -2.24. The zero-order chi connectivity index (χ0) is 11.5. The van der Waals surface area contributed by atoms with Crippen molar-refractivity contribution in [1.82, 2.24) is 0 Å². The van der Waals surface area contributed by atoms with E-state index in [4.69, 9.17) is 4.74 Å². The van der Waals surface area contributed by atoms with Crippen LogP contribution in [0, 0.1) is 0 Å². The predicted molar refractivity (Wildman–Crippen MR) is 69.9 cm³/mol. The average Bonchev–Trinajstić information content (AvgIpc) is 2.40. The molecule has 0 bridgehead atoms. The molecule has 84 valence electrons. The van der Waals surface area contributed by atoms with Crippen molar-refractivity contribution in [2.45, 2.75) is 12.5 Å². The fraction of sp³-hybridized carbons (Fsp3) is 0.125. The van der Waals surface area contributed by atoms with E-state index in [1.807, 2.05) is 30.3 Å². The van der Waals surface area contributed by atoms with Crippen molar-refractivity contribution >= 4 is 0 Å². The number of allylic oxidation sites excluding steroid dienone is 5. The molecule has 1 aromatic rings. The molecule has 2 aliphatic carbocycles. The van der Waals surface area contributed by atoms with Gasteiger partial charge in [0.15, 0.2) is 0 Å². The highest BCUT2D eigenvalue weighted by atomic mass is 16.5. The molecule has 0 saturated carbocycles. The number of rotatable bonds is 2. The number of ether oxygens (including phenoxy) is 1. The van der Waals surface area contributed by atoms with Crippen LogP contribution in [-0.4, -0.2) is 6.10 Å². The smallest absolute Gasteiger partial charge is 0.143 e. The topological polar surface area (TPSA) is 9.23 Å². The zero-order valence-corrected chi connectivity index (χ0v) is 9.54. The van der Waals surface area contributed by atoms with Crippen LogP contribution in [0.4, 0.5) is 0 Å². The summed E-state index contributed by atoms with van der Waals surface area (Å²) in [5.41, 5.74) is 2.63. The molecule has 0 heterocycles. The van der Waals surface area contributed by atoms with Crippen LogP contribution in [0.3, 0.4) is 0 Å². The SMILES string of the molecule is C1=CCC2=CC=CC(Oc3ccccc3)C2=C1. The first kappa shape index (κ1) is 10.2. The van der Waals surface area contributed by atoms with E-state index in [1.54, 1.807) is 0 Å². The molecule has 0 fully saturated rings. The summed E-state index contributed by atoms with van der Waals surface area (Å²) in [6, 6.07) is 9.97. The summed E-state index contributed by atoms with van der Waals surface area (Å²) < 4.78 is 5.99. The van der Waals surface area contributed by atoms with Gasteiger partial charge in [-0.3, -0.25) is 0 Å². The van der Waals surface area contributed by atoms with Crippen LogP contribution < -0.4 is 4.74 Å². The second kappa shape index (κ2) is 4.46. The minimum Gasteiger partial charge on any atom is -0.482 e. The molecule has 1 atom stereocenters. The number of para-hydroxylation sites is 1. The highest BCUT2D eigenvalue weighted by molar-refractivity contribution is 5.49. The van der Waals surface area contributed by atoms with E-state index in [0.29, 0.717) is 0 Å². The quantitative estimate of drug-likeness (QED) is 0.739. The molecule has 0 saturated heterocycles. The molecule has 1 nitrogen and oxygen atoms in total. The zero-order valence-electron chi connectivity index (χ0n) is 9.54. The summed E-state index contributed by atoms with van der Waals surface area (Å²) in [6.45, 7) is 0. The first-order chi connectivity index (χ1) is 8.43. The summed E-state index contributed by atoms with van der Waals surface area (Å²) in [5.74, 6) is 0.916. The van der Waals surface area contributed by atoms with Crippen LogP contribution in [0.25, 0.3) is 0 Å². The molecule has 0 N–H and O–H groups in total. The maximum atomic E-state index is 5.99. The van der Waals surface area contributed by atoms with Crippen LogP contribution in [0.5, 0.6) is 5.75 Å². The Bertz CT molecular complexity index is 518. The lowest BCUT2D eigenvalue weighted by molar-refractivity contribution is 0.284. The maximum Gasteiger partial charge on any atom is 0.143 e. The molecule has 1 aromatic carbocycles. The van der Waals surface area contributed by atoms with Crippen molar-refractivity contribution in [3.63, 3.8) is 0 Å². The molecule has 0 amide bonds. The van der Waals surface area contributed by atoms with Crippen molar-refractivity contribution in [1.29, 1.82) is 0 Å². The standard InChI is InChI=1S/C16H14O/c1-2-9-14(10-3-1)17-16-12-6-8-13-7-4-5-11-15(13)16/h1-6,8-12,16H,7H2. The van der Waals surface area contributed by atoms with E-state index < -0.39 is 0 Å². The van der Waals surface area contributed by atoms with Gasteiger partial charge < -0.3 is 4.74 Å². The van der Waals surface area contributed by atoms with Crippen LogP contribution >= 0.6 is 0 Å². The van der Waals surface area contributed by atoms with E-state index in [9.17, 15) is 0 Å². The average molecular weight is 222 g/mol. The summed E-state index contributed by atoms with van der Waals surface area (Å²) in [6.07, 6.45) is 13.8. The Hall–Kier alpha value is -2.02. The van der Waals surface area contributed by atoms with Gasteiger partial charge in [0.1, 0.15) is 11.9 Å². The lowest BCUT2D eigenvalue weighted by Crippen LogP contribution is -2.20. The Kier molecular flexibility index (Phi) is 2.66. The van der Waals surface area contributed by atoms with Crippen LogP contribution in [0.1, 0.15) is 6.42 Å². The van der Waals surface area contributed by atoms with E-state index >= 15 is 0 Å². The molecule has 2 aliphatic rings. The highest BCUT2D eigenvalue weighted by Gasteiger charge is 2.19. The van der Waals surface area contributed by atoms with Gasteiger partial charge in [0.05, 0.1) is 0 Å². The summed E-state index contributed by atoms with van der Waals surface area (Å²) >= 11 is 0. The monoisotopic (exact) mass is 222 g/mol. The van der Waals surface area contributed by atoms with E-state index in [1.165, 1.54) is 11.1 Å². The van der Waals surface area contributed by atoms with Gasteiger partial charge in [-0.15, -0.1) is 0 Å². The molecule has 17 heavy (non-hydrogen) atoms. The van der Waals surface area contributed by atoms with Crippen molar-refractivity contribution < 1.29 is 4.74 Å². The van der Waals surface area contributed by atoms with Gasteiger partial charge in [0.25, 0.3) is 0 Å². The van der Waals surface area contributed by atoms with Gasteiger partial charge in [-0.2, -0.15) is 0 Å². The second-order valence-corrected chi connectivity index (χ2v) is 4.18. The number of hydrogen-bond donors (Lipinski definition) is 0. The van der Waals surface area contributed by atoms with Crippen molar-refractivity contribution in [2.75, 3.05) is 0 Å². The largest absolute Gasteiger partial charge is 0.482 e. The molecule has 0 spiro atoms. The molecule has 0 radical (unpaired) electrons. The van der Waals surface area contributed by atoms with E-state index in [0.717, 1.165) is 12.2 Å². The summed E-state index contributed by atoms with van der Waals surface area (Å²) in [4.78, 5) is 0. The Morgan fingerprint density at radius 1 is 1.00 bits per heavy atom. The first-order valence-electron chi connectivity index (χ1n) is 5.90. The normalized spacial score (nSPS) is 21.5. The van der Waals surface area contributed by atoms with Gasteiger partial charge in [0.2, 0.25) is 0 Å². The van der Waals surface area contributed by atoms with Crippen molar-refractivity contribution in [2.24, 2.45) is 0 Å². The minimum absolute atomic E-state index is 0.0438. The third-order valence-corrected chi connectivity index (χ3v) is 3.02. The number of hydrogen-bond acceptors (Lipinski definition) is 1. The summed E-state index contributed by atoms with van der Waals surface area (Å²) in [7, 11) is 0. The van der Waals surface area contributed by atoms with Crippen molar-refractivity contribution in [3.8, 4) is 5.75 Å². The van der Waals surface area contributed by atoms with E-state index in [-0.39, 0.29) is 6.10 Å². The Balaban J connectivity index is 1.85. The fourth-order valence-electron chi connectivity index (χ4n) is 2.16. The van der Waals surface area contributed by atoms with Gasteiger partial charge in [0, 0.05) is 0 Å². The first-order valence-corrected chi connectivity index (χ1v) is 5.90. The minimum atomic E-state index is 0.0438.